The Kier molecular flexibility index (Phi) is 5.07. The lowest BCUT2D eigenvalue weighted by Crippen LogP contribution is -2.17. The number of benzene rings is 2. The summed E-state index contributed by atoms with van der Waals surface area (Å²) in [5.41, 5.74) is 2.15. The molecule has 0 aliphatic rings. The van der Waals surface area contributed by atoms with E-state index >= 15 is 0 Å². The number of anilines is 2. The molecule has 0 unspecified atom stereocenters. The molecule has 3 N–H and O–H groups in total. The van der Waals surface area contributed by atoms with E-state index in [1.807, 2.05) is 24.3 Å². The van der Waals surface area contributed by atoms with Gasteiger partial charge in [0.25, 0.3) is 11.3 Å². The number of halogens is 2. The zero-order valence-corrected chi connectivity index (χ0v) is 16.2. The van der Waals surface area contributed by atoms with Gasteiger partial charge in [-0.2, -0.15) is 9.50 Å². The molecule has 2 aromatic carbocycles. The van der Waals surface area contributed by atoms with Gasteiger partial charge in [0, 0.05) is 22.8 Å². The fourth-order valence-corrected chi connectivity index (χ4v) is 2.91. The molecular formula is C19H16BrFN6O. The fraction of sp³-hybridized carbons (Fsp3) is 0.105. The van der Waals surface area contributed by atoms with Gasteiger partial charge in [-0.15, -0.1) is 0 Å². The predicted molar refractivity (Wildman–Crippen MR) is 109 cm³/mol. The van der Waals surface area contributed by atoms with Gasteiger partial charge in [-0.25, -0.2) is 9.37 Å². The summed E-state index contributed by atoms with van der Waals surface area (Å²) < 4.78 is 15.2. The molecule has 0 radical (unpaired) electrons. The molecule has 2 aromatic heterocycles. The van der Waals surface area contributed by atoms with Crippen molar-refractivity contribution in [2.24, 2.45) is 0 Å². The van der Waals surface area contributed by atoms with Crippen LogP contribution in [0.25, 0.3) is 5.78 Å². The van der Waals surface area contributed by atoms with Gasteiger partial charge in [0.15, 0.2) is 0 Å². The number of rotatable bonds is 6. The molecular weight excluding hydrogens is 427 g/mol. The Hall–Kier alpha value is -3.20. The third-order valence-electron chi connectivity index (χ3n) is 4.07. The highest BCUT2D eigenvalue weighted by atomic mass is 79.9. The highest BCUT2D eigenvalue weighted by Gasteiger charge is 2.08. The van der Waals surface area contributed by atoms with Crippen molar-refractivity contribution in [3.8, 4) is 0 Å². The van der Waals surface area contributed by atoms with Crippen LogP contribution in [0.4, 0.5) is 16.0 Å². The molecule has 0 bridgehead atoms. The Morgan fingerprint density at radius 2 is 1.75 bits per heavy atom. The van der Waals surface area contributed by atoms with Gasteiger partial charge in [0.2, 0.25) is 5.95 Å². The van der Waals surface area contributed by atoms with Gasteiger partial charge < -0.3 is 10.6 Å². The number of nitrogens with one attached hydrogen (secondary N) is 3. The standard InChI is InChI=1S/C19H16BrFN6O/c20-13-3-7-15(8-4-13)22-11-16-9-17(28)27-19(24-16)25-18(26-27)23-10-12-1-5-14(21)6-2-12/h1-9,22H,10-11H2,(H2,23,24,25,26). The summed E-state index contributed by atoms with van der Waals surface area (Å²) in [6.07, 6.45) is 0. The molecule has 0 aliphatic heterocycles. The molecule has 4 rings (SSSR count). The van der Waals surface area contributed by atoms with E-state index in [0.29, 0.717) is 24.7 Å². The van der Waals surface area contributed by atoms with Crippen molar-refractivity contribution in [3.63, 3.8) is 0 Å². The van der Waals surface area contributed by atoms with Crippen LogP contribution in [0.15, 0.2) is 63.9 Å². The van der Waals surface area contributed by atoms with Gasteiger partial charge in [-0.3, -0.25) is 9.89 Å². The molecule has 142 valence electrons. The van der Waals surface area contributed by atoms with Crippen LogP contribution in [-0.4, -0.2) is 19.6 Å². The lowest BCUT2D eigenvalue weighted by molar-refractivity contribution is 0.627. The first-order valence-electron chi connectivity index (χ1n) is 8.53. The van der Waals surface area contributed by atoms with Crippen LogP contribution in [0.1, 0.15) is 11.3 Å². The lowest BCUT2D eigenvalue weighted by Gasteiger charge is -2.05. The topological polar surface area (TPSA) is 87.1 Å². The monoisotopic (exact) mass is 442 g/mol. The number of hydrogen-bond acceptors (Lipinski definition) is 5. The van der Waals surface area contributed by atoms with Crippen LogP contribution in [0.2, 0.25) is 0 Å². The molecule has 9 heteroatoms. The van der Waals surface area contributed by atoms with E-state index in [2.05, 4.69) is 41.6 Å². The van der Waals surface area contributed by atoms with E-state index in [9.17, 15) is 9.18 Å². The number of H-pyrrole nitrogens is 1. The van der Waals surface area contributed by atoms with Crippen LogP contribution in [-0.2, 0) is 13.1 Å². The smallest absolute Gasteiger partial charge is 0.274 e. The minimum atomic E-state index is -0.285. The van der Waals surface area contributed by atoms with Gasteiger partial charge in [0.05, 0.1) is 12.2 Å². The summed E-state index contributed by atoms with van der Waals surface area (Å²) in [4.78, 5) is 21.1. The first kappa shape index (κ1) is 18.2. The number of fused-ring (bicyclic) bond motifs is 1. The summed E-state index contributed by atoms with van der Waals surface area (Å²) in [5.74, 6) is 0.404. The van der Waals surface area contributed by atoms with Crippen molar-refractivity contribution in [1.82, 2.24) is 19.6 Å². The van der Waals surface area contributed by atoms with E-state index < -0.39 is 0 Å². The summed E-state index contributed by atoms with van der Waals surface area (Å²) >= 11 is 3.39. The maximum absolute atomic E-state index is 13.0. The molecule has 0 saturated carbocycles. The van der Waals surface area contributed by atoms with Crippen LogP contribution < -0.4 is 16.2 Å². The molecule has 0 aliphatic carbocycles. The largest absolute Gasteiger partial charge is 0.379 e. The Bertz CT molecular complexity index is 1150. The van der Waals surface area contributed by atoms with Crippen molar-refractivity contribution in [2.75, 3.05) is 10.6 Å². The fourth-order valence-electron chi connectivity index (χ4n) is 2.65. The second-order valence-electron chi connectivity index (χ2n) is 6.13. The highest BCUT2D eigenvalue weighted by Crippen LogP contribution is 2.14. The highest BCUT2D eigenvalue weighted by molar-refractivity contribution is 9.10. The van der Waals surface area contributed by atoms with Crippen molar-refractivity contribution < 1.29 is 4.39 Å². The zero-order valence-electron chi connectivity index (χ0n) is 14.6. The van der Waals surface area contributed by atoms with Crippen molar-refractivity contribution in [1.29, 1.82) is 0 Å². The maximum Gasteiger partial charge on any atom is 0.274 e. The predicted octanol–water partition coefficient (Wildman–Crippen LogP) is 3.54. The molecule has 0 fully saturated rings. The van der Waals surface area contributed by atoms with Gasteiger partial charge >= 0.3 is 0 Å². The molecule has 0 amide bonds. The lowest BCUT2D eigenvalue weighted by atomic mass is 10.2. The average Bonchev–Trinajstić information content (AvgIpc) is 3.11. The maximum atomic E-state index is 13.0. The van der Waals surface area contributed by atoms with Crippen molar-refractivity contribution in [2.45, 2.75) is 13.1 Å². The van der Waals surface area contributed by atoms with Crippen molar-refractivity contribution >= 4 is 33.3 Å². The van der Waals surface area contributed by atoms with Crippen LogP contribution in [0.5, 0.6) is 0 Å². The van der Waals surface area contributed by atoms with Crippen molar-refractivity contribution in [3.05, 3.63) is 86.5 Å². The SMILES string of the molecule is O=c1cc(CNc2ccc(Br)cc2)nc2nc(NCc3ccc(F)cc3)[nH]n12. The molecule has 2 heterocycles. The normalized spacial score (nSPS) is 10.9. The quantitative estimate of drug-likeness (QED) is 0.425. The van der Waals surface area contributed by atoms with Crippen LogP contribution in [0, 0.1) is 5.82 Å². The molecule has 7 nitrogen and oxygen atoms in total. The second kappa shape index (κ2) is 7.81. The number of hydrogen-bond donors (Lipinski definition) is 3. The summed E-state index contributed by atoms with van der Waals surface area (Å²) in [6, 6.07) is 15.3. The first-order chi connectivity index (χ1) is 13.6. The summed E-state index contributed by atoms with van der Waals surface area (Å²) in [6.45, 7) is 0.839. The Morgan fingerprint density at radius 1 is 1.00 bits per heavy atom. The molecule has 0 atom stereocenters. The minimum Gasteiger partial charge on any atom is -0.379 e. The van der Waals surface area contributed by atoms with E-state index in [-0.39, 0.29) is 17.2 Å². The third kappa shape index (κ3) is 4.20. The van der Waals surface area contributed by atoms with Crippen LogP contribution in [0.3, 0.4) is 0 Å². The van der Waals surface area contributed by atoms with Gasteiger partial charge in [0.1, 0.15) is 5.82 Å². The second-order valence-corrected chi connectivity index (χ2v) is 7.05. The number of aromatic nitrogens is 4. The third-order valence-corrected chi connectivity index (χ3v) is 4.60. The molecule has 28 heavy (non-hydrogen) atoms. The number of aromatic amines is 1. The van der Waals surface area contributed by atoms with Gasteiger partial charge in [-0.05, 0) is 42.0 Å². The van der Waals surface area contributed by atoms with E-state index in [0.717, 1.165) is 15.7 Å². The first-order valence-corrected chi connectivity index (χ1v) is 9.32. The minimum absolute atomic E-state index is 0.250. The Labute approximate surface area is 167 Å². The molecule has 4 aromatic rings. The molecule has 0 saturated heterocycles. The Morgan fingerprint density at radius 3 is 2.50 bits per heavy atom. The van der Waals surface area contributed by atoms with E-state index in [1.165, 1.54) is 22.7 Å². The number of nitrogens with zero attached hydrogens (tertiary/aromatic N) is 3. The average molecular weight is 443 g/mol. The summed E-state index contributed by atoms with van der Waals surface area (Å²) in [5, 5.41) is 9.17. The van der Waals surface area contributed by atoms with Gasteiger partial charge in [-0.1, -0.05) is 28.1 Å². The molecule has 0 spiro atoms. The Balaban J connectivity index is 1.47. The zero-order chi connectivity index (χ0) is 19.5. The van der Waals surface area contributed by atoms with E-state index in [1.54, 1.807) is 12.1 Å². The summed E-state index contributed by atoms with van der Waals surface area (Å²) in [7, 11) is 0. The van der Waals surface area contributed by atoms with Crippen LogP contribution >= 0.6 is 15.9 Å². The van der Waals surface area contributed by atoms with E-state index in [4.69, 9.17) is 0 Å².